The lowest BCUT2D eigenvalue weighted by atomic mass is 10.2. The van der Waals surface area contributed by atoms with E-state index in [-0.39, 0.29) is 10.8 Å². The lowest BCUT2D eigenvalue weighted by Gasteiger charge is -1.94. The second-order valence-corrected chi connectivity index (χ2v) is 4.18. The molecule has 8 nitrogen and oxygen atoms in total. The van der Waals surface area contributed by atoms with Gasteiger partial charge in [0, 0.05) is 17.7 Å². The summed E-state index contributed by atoms with van der Waals surface area (Å²) < 4.78 is 0. The van der Waals surface area contributed by atoms with Gasteiger partial charge in [0.05, 0.1) is 4.92 Å². The zero-order valence-corrected chi connectivity index (χ0v) is 9.68. The summed E-state index contributed by atoms with van der Waals surface area (Å²) in [7, 11) is 0. The van der Waals surface area contributed by atoms with Gasteiger partial charge >= 0.3 is 6.03 Å². The van der Waals surface area contributed by atoms with Crippen LogP contribution in [-0.4, -0.2) is 21.2 Å². The number of carbonyl (C=O) groups is 1. The lowest BCUT2D eigenvalue weighted by molar-refractivity contribution is -0.384. The number of nitrogens with one attached hydrogen (secondary N) is 1. The molecule has 1 aromatic carbocycles. The first kappa shape index (κ1) is 11.9. The summed E-state index contributed by atoms with van der Waals surface area (Å²) in [5.41, 5.74) is 5.61. The van der Waals surface area contributed by atoms with Gasteiger partial charge in [0.25, 0.3) is 5.69 Å². The maximum atomic E-state index is 10.6. The van der Waals surface area contributed by atoms with Gasteiger partial charge in [0.1, 0.15) is 5.01 Å². The third-order valence-electron chi connectivity index (χ3n) is 1.98. The van der Waals surface area contributed by atoms with Crippen LogP contribution in [0.2, 0.25) is 0 Å². The van der Waals surface area contributed by atoms with Crippen molar-refractivity contribution in [3.05, 3.63) is 34.4 Å². The molecule has 1 aromatic heterocycles. The molecule has 0 saturated heterocycles. The third kappa shape index (κ3) is 2.58. The molecule has 2 aromatic rings. The molecule has 0 aliphatic heterocycles. The van der Waals surface area contributed by atoms with Crippen LogP contribution < -0.4 is 11.1 Å². The highest BCUT2D eigenvalue weighted by atomic mass is 32.1. The van der Waals surface area contributed by atoms with Crippen molar-refractivity contribution in [3.8, 4) is 10.6 Å². The summed E-state index contributed by atoms with van der Waals surface area (Å²) in [6.07, 6.45) is 0. The molecule has 0 saturated carbocycles. The second kappa shape index (κ2) is 4.75. The molecule has 0 unspecified atom stereocenters. The van der Waals surface area contributed by atoms with Crippen LogP contribution in [0.15, 0.2) is 24.3 Å². The van der Waals surface area contributed by atoms with Gasteiger partial charge in [-0.25, -0.2) is 4.79 Å². The van der Waals surface area contributed by atoms with Gasteiger partial charge in [-0.3, -0.25) is 15.4 Å². The van der Waals surface area contributed by atoms with Crippen molar-refractivity contribution in [1.29, 1.82) is 0 Å². The van der Waals surface area contributed by atoms with Crippen LogP contribution in [0.1, 0.15) is 0 Å². The average molecular weight is 265 g/mol. The predicted octanol–water partition coefficient (Wildman–Crippen LogP) is 1.60. The molecule has 1 heterocycles. The van der Waals surface area contributed by atoms with Gasteiger partial charge < -0.3 is 5.73 Å². The number of hydrogen-bond acceptors (Lipinski definition) is 6. The number of anilines is 1. The fourth-order valence-corrected chi connectivity index (χ4v) is 1.97. The Morgan fingerprint density at radius 1 is 1.33 bits per heavy atom. The zero-order valence-electron chi connectivity index (χ0n) is 8.86. The van der Waals surface area contributed by atoms with Gasteiger partial charge in [-0.2, -0.15) is 0 Å². The van der Waals surface area contributed by atoms with Crippen molar-refractivity contribution in [2.45, 2.75) is 0 Å². The molecule has 2 amide bonds. The number of nitrogens with two attached hydrogens (primary N) is 1. The second-order valence-electron chi connectivity index (χ2n) is 3.21. The molecule has 18 heavy (non-hydrogen) atoms. The first-order valence-corrected chi connectivity index (χ1v) is 5.52. The highest BCUT2D eigenvalue weighted by molar-refractivity contribution is 7.18. The summed E-state index contributed by atoms with van der Waals surface area (Å²) in [5, 5.41) is 21.2. The minimum Gasteiger partial charge on any atom is -0.351 e. The van der Waals surface area contributed by atoms with Gasteiger partial charge in [-0.05, 0) is 12.1 Å². The lowest BCUT2D eigenvalue weighted by Crippen LogP contribution is -2.18. The number of hydrogen-bond donors (Lipinski definition) is 2. The van der Waals surface area contributed by atoms with Crippen molar-refractivity contribution >= 4 is 28.2 Å². The van der Waals surface area contributed by atoms with E-state index in [9.17, 15) is 14.9 Å². The Morgan fingerprint density at radius 3 is 2.56 bits per heavy atom. The Kier molecular flexibility index (Phi) is 3.15. The summed E-state index contributed by atoms with van der Waals surface area (Å²) >= 11 is 1.12. The minimum absolute atomic E-state index is 0.00116. The molecule has 2 rings (SSSR count). The van der Waals surface area contributed by atoms with Crippen molar-refractivity contribution in [2.24, 2.45) is 5.73 Å². The Hall–Kier alpha value is -2.55. The van der Waals surface area contributed by atoms with Crippen molar-refractivity contribution < 1.29 is 9.72 Å². The molecule has 0 fully saturated rings. The van der Waals surface area contributed by atoms with Crippen molar-refractivity contribution in [1.82, 2.24) is 10.2 Å². The summed E-state index contributed by atoms with van der Waals surface area (Å²) in [6, 6.07) is 5.15. The molecule has 92 valence electrons. The minimum atomic E-state index is -0.721. The number of nitro benzene ring substituents is 1. The van der Waals surface area contributed by atoms with E-state index in [1.807, 2.05) is 0 Å². The van der Waals surface area contributed by atoms with E-state index in [4.69, 9.17) is 5.73 Å². The molecule has 0 spiro atoms. The molecule has 0 bridgehead atoms. The van der Waals surface area contributed by atoms with Crippen LogP contribution in [0.3, 0.4) is 0 Å². The number of urea groups is 1. The van der Waals surface area contributed by atoms with E-state index in [0.717, 1.165) is 11.3 Å². The number of rotatable bonds is 3. The van der Waals surface area contributed by atoms with E-state index >= 15 is 0 Å². The van der Waals surface area contributed by atoms with Crippen LogP contribution in [0, 0.1) is 10.1 Å². The smallest absolute Gasteiger partial charge is 0.318 e. The van der Waals surface area contributed by atoms with Crippen LogP contribution in [0.4, 0.5) is 15.6 Å². The quantitative estimate of drug-likeness (QED) is 0.644. The van der Waals surface area contributed by atoms with Crippen LogP contribution >= 0.6 is 11.3 Å². The van der Waals surface area contributed by atoms with Gasteiger partial charge in [-0.1, -0.05) is 11.3 Å². The maximum Gasteiger partial charge on any atom is 0.318 e. The van der Waals surface area contributed by atoms with E-state index < -0.39 is 11.0 Å². The van der Waals surface area contributed by atoms with Gasteiger partial charge in [0.15, 0.2) is 0 Å². The number of aromatic nitrogens is 2. The van der Waals surface area contributed by atoms with Crippen molar-refractivity contribution in [2.75, 3.05) is 5.32 Å². The average Bonchev–Trinajstić information content (AvgIpc) is 2.76. The Balaban J connectivity index is 2.23. The Morgan fingerprint density at radius 2 is 2.00 bits per heavy atom. The largest absolute Gasteiger partial charge is 0.351 e. The van der Waals surface area contributed by atoms with Crippen LogP contribution in [0.25, 0.3) is 10.6 Å². The standard InChI is InChI=1S/C9H7N5O3S/c10-8(15)11-9-13-12-7(18-9)5-1-3-6(4-2-5)14(16)17/h1-4H,(H3,10,11,13,15). The Labute approximate surface area is 105 Å². The monoisotopic (exact) mass is 265 g/mol. The van der Waals surface area contributed by atoms with Gasteiger partial charge in [-0.15, -0.1) is 10.2 Å². The third-order valence-corrected chi connectivity index (χ3v) is 2.87. The molecule has 0 aliphatic rings. The predicted molar refractivity (Wildman–Crippen MR) is 65.2 cm³/mol. The highest BCUT2D eigenvalue weighted by Crippen LogP contribution is 2.27. The van der Waals surface area contributed by atoms with Crippen molar-refractivity contribution in [3.63, 3.8) is 0 Å². The summed E-state index contributed by atoms with van der Waals surface area (Å²) in [5.74, 6) is 0. The fraction of sp³-hybridized carbons (Fsp3) is 0. The number of nitro groups is 1. The number of carbonyl (C=O) groups excluding carboxylic acids is 1. The summed E-state index contributed by atoms with van der Waals surface area (Å²) in [4.78, 5) is 20.6. The number of nitrogens with zero attached hydrogens (tertiary/aromatic N) is 3. The first-order chi connectivity index (χ1) is 8.56. The number of primary amides is 1. The SMILES string of the molecule is NC(=O)Nc1nnc(-c2ccc([N+](=O)[O-])cc2)s1. The number of amides is 2. The molecular formula is C9H7N5O3S. The zero-order chi connectivity index (χ0) is 13.1. The number of benzene rings is 1. The van der Waals surface area contributed by atoms with Gasteiger partial charge in [0.2, 0.25) is 5.13 Å². The highest BCUT2D eigenvalue weighted by Gasteiger charge is 2.10. The molecular weight excluding hydrogens is 258 g/mol. The fourth-order valence-electron chi connectivity index (χ4n) is 1.22. The normalized spacial score (nSPS) is 10.0. The summed E-state index contributed by atoms with van der Waals surface area (Å²) in [6.45, 7) is 0. The molecule has 3 N–H and O–H groups in total. The van der Waals surface area contributed by atoms with Crippen LogP contribution in [0.5, 0.6) is 0 Å². The maximum absolute atomic E-state index is 10.6. The molecule has 9 heteroatoms. The van der Waals surface area contributed by atoms with E-state index in [2.05, 4.69) is 15.5 Å². The van der Waals surface area contributed by atoms with E-state index in [0.29, 0.717) is 10.6 Å². The number of non-ortho nitro benzene ring substituents is 1. The topological polar surface area (TPSA) is 124 Å². The van der Waals surface area contributed by atoms with Crippen LogP contribution in [-0.2, 0) is 0 Å². The van der Waals surface area contributed by atoms with E-state index in [1.54, 1.807) is 12.1 Å². The molecule has 0 radical (unpaired) electrons. The Bertz CT molecular complexity index is 595. The molecule has 0 atom stereocenters. The van der Waals surface area contributed by atoms with E-state index in [1.165, 1.54) is 12.1 Å². The molecule has 0 aliphatic carbocycles. The first-order valence-electron chi connectivity index (χ1n) is 4.71.